The van der Waals surface area contributed by atoms with Crippen LogP contribution in [0.5, 0.6) is 11.5 Å². The molecule has 1 aromatic rings. The van der Waals surface area contributed by atoms with Gasteiger partial charge in [-0.1, -0.05) is 52.4 Å². The summed E-state index contributed by atoms with van der Waals surface area (Å²) in [4.78, 5) is 0. The standard InChI is InChI=1S/C38H58O2/c1-3-5-7-9-11-31-35(33-27-15-23-13-24(17-27)18-28(33)16-23)37(39)32(12-10-8-6-4-2)38(40)36(31)34-29-19-25-14-26(21-29)22-30(34)20-25/h23-30,33-34,39-40H,3-22H2,1-2H3. The molecular formula is C38H58O2. The first-order chi connectivity index (χ1) is 19.6. The molecule has 0 unspecified atom stereocenters. The van der Waals surface area contributed by atoms with E-state index in [9.17, 15) is 10.2 Å². The first kappa shape index (κ1) is 27.6. The van der Waals surface area contributed by atoms with Crippen molar-refractivity contribution in [2.75, 3.05) is 0 Å². The summed E-state index contributed by atoms with van der Waals surface area (Å²) in [5, 5.41) is 24.6. The molecule has 222 valence electrons. The van der Waals surface area contributed by atoms with E-state index in [-0.39, 0.29) is 0 Å². The van der Waals surface area contributed by atoms with E-state index < -0.39 is 0 Å². The van der Waals surface area contributed by atoms with Crippen LogP contribution >= 0.6 is 0 Å². The Morgan fingerprint density at radius 3 is 1.15 bits per heavy atom. The molecule has 0 saturated heterocycles. The maximum atomic E-state index is 12.3. The summed E-state index contributed by atoms with van der Waals surface area (Å²) in [6.07, 6.45) is 25.9. The Morgan fingerprint density at radius 1 is 0.450 bits per heavy atom. The van der Waals surface area contributed by atoms with E-state index in [1.165, 1.54) is 126 Å². The van der Waals surface area contributed by atoms with Crippen LogP contribution in [0.4, 0.5) is 0 Å². The molecule has 8 saturated carbocycles. The number of hydrogen-bond acceptors (Lipinski definition) is 2. The molecule has 0 radical (unpaired) electrons. The minimum atomic E-state index is 0.541. The van der Waals surface area contributed by atoms with Gasteiger partial charge in [0.25, 0.3) is 0 Å². The molecule has 8 aliphatic rings. The lowest BCUT2D eigenvalue weighted by Gasteiger charge is -2.56. The predicted molar refractivity (Wildman–Crippen MR) is 165 cm³/mol. The van der Waals surface area contributed by atoms with Crippen LogP contribution in [-0.4, -0.2) is 10.2 Å². The van der Waals surface area contributed by atoms with Crippen molar-refractivity contribution in [2.24, 2.45) is 47.3 Å². The highest BCUT2D eigenvalue weighted by Crippen LogP contribution is 2.65. The Labute approximate surface area is 245 Å². The molecule has 0 atom stereocenters. The summed E-state index contributed by atoms with van der Waals surface area (Å²) in [6, 6.07) is 0. The summed E-state index contributed by atoms with van der Waals surface area (Å²) in [6.45, 7) is 4.59. The second kappa shape index (κ2) is 11.5. The quantitative estimate of drug-likeness (QED) is 0.256. The average Bonchev–Trinajstić information content (AvgIpc) is 2.92. The minimum absolute atomic E-state index is 0.541. The zero-order valence-electron chi connectivity index (χ0n) is 25.8. The van der Waals surface area contributed by atoms with Crippen LogP contribution in [0.15, 0.2) is 0 Å². The van der Waals surface area contributed by atoms with Crippen molar-refractivity contribution in [3.8, 4) is 11.5 Å². The summed E-state index contributed by atoms with van der Waals surface area (Å²) >= 11 is 0. The minimum Gasteiger partial charge on any atom is -0.507 e. The third-order valence-corrected chi connectivity index (χ3v) is 13.4. The van der Waals surface area contributed by atoms with E-state index in [0.29, 0.717) is 23.3 Å². The number of phenolic OH excluding ortho intramolecular Hbond substituents is 2. The maximum absolute atomic E-state index is 12.3. The number of hydrogen-bond donors (Lipinski definition) is 2. The summed E-state index contributed by atoms with van der Waals surface area (Å²) < 4.78 is 0. The van der Waals surface area contributed by atoms with E-state index >= 15 is 0 Å². The molecule has 8 fully saturated rings. The molecule has 0 aromatic heterocycles. The lowest BCUT2D eigenvalue weighted by molar-refractivity contribution is -0.00659. The number of aromatic hydroxyl groups is 2. The Balaban J connectivity index is 1.35. The number of rotatable bonds is 12. The second-order valence-corrected chi connectivity index (χ2v) is 16.0. The highest BCUT2D eigenvalue weighted by Gasteiger charge is 2.53. The third-order valence-electron chi connectivity index (χ3n) is 13.4. The van der Waals surface area contributed by atoms with E-state index in [0.717, 1.165) is 72.2 Å². The molecule has 1 aromatic carbocycles. The van der Waals surface area contributed by atoms with Gasteiger partial charge in [-0.05, 0) is 155 Å². The molecule has 9 rings (SSSR count). The van der Waals surface area contributed by atoms with Gasteiger partial charge in [0.15, 0.2) is 0 Å². The molecule has 8 bridgehead atoms. The van der Waals surface area contributed by atoms with Crippen LogP contribution in [0.25, 0.3) is 0 Å². The Hall–Kier alpha value is -1.18. The molecule has 0 amide bonds. The van der Waals surface area contributed by atoms with Gasteiger partial charge >= 0.3 is 0 Å². The normalized spacial score (nSPS) is 39.0. The number of phenols is 2. The fourth-order valence-corrected chi connectivity index (χ4v) is 12.3. The van der Waals surface area contributed by atoms with Crippen LogP contribution in [0.1, 0.15) is 164 Å². The monoisotopic (exact) mass is 546 g/mol. The molecular weight excluding hydrogens is 488 g/mol. The third kappa shape index (κ3) is 4.84. The lowest BCUT2D eigenvalue weighted by Crippen LogP contribution is -2.45. The molecule has 2 N–H and O–H groups in total. The SMILES string of the molecule is CCCCCCc1c(O)c(C2C3CC4CC(C3)CC2C4)c(CCCCCC)c(C2C3CC4CC(C3)CC2C4)c1O. The van der Waals surface area contributed by atoms with Gasteiger partial charge in [-0.15, -0.1) is 0 Å². The largest absolute Gasteiger partial charge is 0.507 e. The van der Waals surface area contributed by atoms with Crippen LogP contribution in [0.2, 0.25) is 0 Å². The maximum Gasteiger partial charge on any atom is 0.126 e. The van der Waals surface area contributed by atoms with Gasteiger partial charge < -0.3 is 10.2 Å². The van der Waals surface area contributed by atoms with Crippen LogP contribution in [0, 0.1) is 47.3 Å². The van der Waals surface area contributed by atoms with E-state index in [2.05, 4.69) is 13.8 Å². The van der Waals surface area contributed by atoms with Crippen molar-refractivity contribution in [2.45, 2.75) is 154 Å². The van der Waals surface area contributed by atoms with Gasteiger partial charge in [-0.3, -0.25) is 0 Å². The molecule has 2 nitrogen and oxygen atoms in total. The van der Waals surface area contributed by atoms with Gasteiger partial charge in [-0.25, -0.2) is 0 Å². The van der Waals surface area contributed by atoms with Crippen LogP contribution in [-0.2, 0) is 12.8 Å². The van der Waals surface area contributed by atoms with E-state index in [1.54, 1.807) is 0 Å². The van der Waals surface area contributed by atoms with Crippen molar-refractivity contribution in [1.82, 2.24) is 0 Å². The van der Waals surface area contributed by atoms with Crippen molar-refractivity contribution >= 4 is 0 Å². The van der Waals surface area contributed by atoms with Crippen molar-refractivity contribution in [1.29, 1.82) is 0 Å². The van der Waals surface area contributed by atoms with E-state index in [4.69, 9.17) is 0 Å². The van der Waals surface area contributed by atoms with Crippen molar-refractivity contribution < 1.29 is 10.2 Å². The molecule has 2 heteroatoms. The average molecular weight is 547 g/mol. The first-order valence-corrected chi connectivity index (χ1v) is 18.1. The van der Waals surface area contributed by atoms with E-state index in [1.807, 2.05) is 0 Å². The lowest BCUT2D eigenvalue weighted by atomic mass is 9.48. The van der Waals surface area contributed by atoms with Gasteiger partial charge in [0, 0.05) is 16.7 Å². The predicted octanol–water partition coefficient (Wildman–Crippen LogP) is 10.4. The Morgan fingerprint density at radius 2 is 0.800 bits per heavy atom. The fourth-order valence-electron chi connectivity index (χ4n) is 12.3. The Bertz CT molecular complexity index is 929. The molecule has 8 aliphatic carbocycles. The molecule has 40 heavy (non-hydrogen) atoms. The van der Waals surface area contributed by atoms with Gasteiger partial charge in [0.05, 0.1) is 0 Å². The summed E-state index contributed by atoms with van der Waals surface area (Å²) in [5.74, 6) is 9.05. The first-order valence-electron chi connectivity index (χ1n) is 18.1. The zero-order valence-corrected chi connectivity index (χ0v) is 25.8. The second-order valence-electron chi connectivity index (χ2n) is 16.0. The number of benzene rings is 1. The van der Waals surface area contributed by atoms with Crippen LogP contribution < -0.4 is 0 Å². The smallest absolute Gasteiger partial charge is 0.126 e. The highest BCUT2D eigenvalue weighted by molar-refractivity contribution is 5.62. The zero-order chi connectivity index (χ0) is 27.4. The Kier molecular flexibility index (Phi) is 7.94. The topological polar surface area (TPSA) is 40.5 Å². The molecule has 0 heterocycles. The van der Waals surface area contributed by atoms with Crippen molar-refractivity contribution in [3.05, 3.63) is 22.3 Å². The number of unbranched alkanes of at least 4 members (excludes halogenated alkanes) is 6. The van der Waals surface area contributed by atoms with Gasteiger partial charge in [0.1, 0.15) is 11.5 Å². The van der Waals surface area contributed by atoms with Gasteiger partial charge in [0.2, 0.25) is 0 Å². The highest BCUT2D eigenvalue weighted by atomic mass is 16.3. The summed E-state index contributed by atoms with van der Waals surface area (Å²) in [5.41, 5.74) is 5.20. The fraction of sp³-hybridized carbons (Fsp3) is 0.842. The van der Waals surface area contributed by atoms with Crippen LogP contribution in [0.3, 0.4) is 0 Å². The summed E-state index contributed by atoms with van der Waals surface area (Å²) in [7, 11) is 0. The van der Waals surface area contributed by atoms with Crippen molar-refractivity contribution in [3.63, 3.8) is 0 Å². The molecule has 0 spiro atoms. The van der Waals surface area contributed by atoms with Gasteiger partial charge in [-0.2, -0.15) is 0 Å². The molecule has 0 aliphatic heterocycles.